The first-order valence-corrected chi connectivity index (χ1v) is 6.30. The maximum atomic E-state index is 11.2. The summed E-state index contributed by atoms with van der Waals surface area (Å²) in [4.78, 5) is 28.4. The summed E-state index contributed by atoms with van der Waals surface area (Å²) in [5.74, 6) is -2.04. The fraction of sp³-hybridized carbons (Fsp3) is 0.727. The van der Waals surface area contributed by atoms with Gasteiger partial charge in [-0.15, -0.1) is 0 Å². The minimum Gasteiger partial charge on any atom is -0.380 e. The zero-order chi connectivity index (χ0) is 13.1. The Balaban J connectivity index is 1.77. The fourth-order valence-corrected chi connectivity index (χ4v) is 3.03. The van der Waals surface area contributed by atoms with Crippen LogP contribution in [0.5, 0.6) is 0 Å². The van der Waals surface area contributed by atoms with Crippen molar-refractivity contribution in [3.8, 4) is 0 Å². The number of carbonyl (C=O) groups excluding carboxylic acids is 2. The normalized spacial score (nSPS) is 29.7. The molecule has 4 aliphatic rings. The van der Waals surface area contributed by atoms with Crippen LogP contribution in [-0.2, 0) is 18.9 Å². The molecule has 4 aliphatic heterocycles. The van der Waals surface area contributed by atoms with E-state index in [1.54, 1.807) is 4.90 Å². The second kappa shape index (κ2) is 3.31. The first-order chi connectivity index (χ1) is 9.15. The number of hydrogen-bond donors (Lipinski definition) is 0. The molecule has 0 N–H and O–H groups in total. The van der Waals surface area contributed by atoms with Gasteiger partial charge in [-0.2, -0.15) is 0 Å². The number of carbonyl (C=O) groups is 2. The van der Waals surface area contributed by atoms with Crippen molar-refractivity contribution in [3.63, 3.8) is 0 Å². The Morgan fingerprint density at radius 3 is 2.47 bits per heavy atom. The molecule has 0 aromatic heterocycles. The largest absolute Gasteiger partial charge is 0.518 e. The Hall–Kier alpha value is -1.99. The van der Waals surface area contributed by atoms with Gasteiger partial charge in [0.2, 0.25) is 0 Å². The zero-order valence-corrected chi connectivity index (χ0v) is 10.1. The maximum Gasteiger partial charge on any atom is 0.518 e. The topological polar surface area (TPSA) is 86.7 Å². The van der Waals surface area contributed by atoms with Gasteiger partial charge in [-0.3, -0.25) is 9.89 Å². The molecule has 0 aromatic carbocycles. The quantitative estimate of drug-likeness (QED) is 0.604. The third-order valence-corrected chi connectivity index (χ3v) is 3.83. The van der Waals surface area contributed by atoms with Gasteiger partial charge in [0, 0.05) is 25.9 Å². The molecule has 0 aliphatic carbocycles. The number of hydrogen-bond acceptors (Lipinski definition) is 8. The third kappa shape index (κ3) is 1.21. The van der Waals surface area contributed by atoms with E-state index in [1.807, 2.05) is 0 Å². The first kappa shape index (κ1) is 10.9. The molecule has 0 radical (unpaired) electrons. The van der Waals surface area contributed by atoms with Crippen molar-refractivity contribution >= 4 is 18.1 Å². The molecule has 4 rings (SSSR count). The monoisotopic (exact) mass is 268 g/mol. The van der Waals surface area contributed by atoms with E-state index in [9.17, 15) is 9.59 Å². The third-order valence-electron chi connectivity index (χ3n) is 3.83. The van der Waals surface area contributed by atoms with Crippen LogP contribution in [0, 0.1) is 0 Å². The van der Waals surface area contributed by atoms with Gasteiger partial charge in [-0.25, -0.2) is 9.59 Å². The van der Waals surface area contributed by atoms with E-state index >= 15 is 0 Å². The fourth-order valence-electron chi connectivity index (χ4n) is 3.03. The minimum atomic E-state index is -1.49. The van der Waals surface area contributed by atoms with Crippen molar-refractivity contribution in [2.45, 2.75) is 37.4 Å². The van der Waals surface area contributed by atoms with E-state index in [0.717, 1.165) is 18.8 Å². The second-order valence-electron chi connectivity index (χ2n) is 4.90. The van der Waals surface area contributed by atoms with Gasteiger partial charge < -0.3 is 18.9 Å². The molecule has 0 atom stereocenters. The average molecular weight is 268 g/mol. The Labute approximate surface area is 108 Å². The van der Waals surface area contributed by atoms with Gasteiger partial charge in [-0.1, -0.05) is 0 Å². The molecule has 3 saturated heterocycles. The highest BCUT2D eigenvalue weighted by Crippen LogP contribution is 2.51. The van der Waals surface area contributed by atoms with E-state index in [4.69, 9.17) is 18.9 Å². The molecule has 2 spiro atoms. The Bertz CT molecular complexity index is 485. The Morgan fingerprint density at radius 1 is 1.05 bits per heavy atom. The molecule has 0 unspecified atom stereocenters. The molecule has 19 heavy (non-hydrogen) atoms. The molecular weight excluding hydrogens is 256 g/mol. The number of amidine groups is 1. The Morgan fingerprint density at radius 2 is 1.79 bits per heavy atom. The first-order valence-electron chi connectivity index (χ1n) is 6.30. The van der Waals surface area contributed by atoms with Crippen LogP contribution in [0.3, 0.4) is 0 Å². The molecule has 0 amide bonds. The maximum absolute atomic E-state index is 11.2. The van der Waals surface area contributed by atoms with Crippen molar-refractivity contribution < 1.29 is 28.5 Å². The van der Waals surface area contributed by atoms with Gasteiger partial charge in [-0.05, 0) is 12.8 Å². The van der Waals surface area contributed by atoms with E-state index in [1.165, 1.54) is 0 Å². The van der Waals surface area contributed by atoms with Crippen LogP contribution in [0.1, 0.15) is 25.7 Å². The van der Waals surface area contributed by atoms with E-state index in [2.05, 4.69) is 4.99 Å². The summed E-state index contributed by atoms with van der Waals surface area (Å²) in [6.07, 6.45) is 1.08. The summed E-state index contributed by atoms with van der Waals surface area (Å²) in [7, 11) is 0. The van der Waals surface area contributed by atoms with Crippen molar-refractivity contribution in [1.82, 2.24) is 4.90 Å². The molecule has 0 saturated carbocycles. The summed E-state index contributed by atoms with van der Waals surface area (Å²) < 4.78 is 20.7. The SMILES string of the molecule is O=C1OC2(CCCC3=NCCCN3C23OC(=O)O3)O1. The molecular formula is C11H12N2O6. The highest BCUT2D eigenvalue weighted by molar-refractivity contribution is 5.85. The van der Waals surface area contributed by atoms with Crippen molar-refractivity contribution in [1.29, 1.82) is 0 Å². The molecule has 0 aromatic rings. The highest BCUT2D eigenvalue weighted by Gasteiger charge is 2.78. The number of rotatable bonds is 0. The van der Waals surface area contributed by atoms with Crippen LogP contribution in [-0.4, -0.2) is 47.8 Å². The molecule has 3 fully saturated rings. The van der Waals surface area contributed by atoms with Crippen LogP contribution < -0.4 is 0 Å². The molecule has 0 bridgehead atoms. The number of fused-ring (bicyclic) bond motifs is 3. The lowest BCUT2D eigenvalue weighted by Crippen LogP contribution is -2.79. The smallest absolute Gasteiger partial charge is 0.380 e. The van der Waals surface area contributed by atoms with Crippen molar-refractivity contribution in [2.24, 2.45) is 4.99 Å². The van der Waals surface area contributed by atoms with Crippen LogP contribution in [0.2, 0.25) is 0 Å². The summed E-state index contributed by atoms with van der Waals surface area (Å²) in [6.45, 7) is 1.36. The van der Waals surface area contributed by atoms with E-state index < -0.39 is 24.0 Å². The summed E-state index contributed by atoms with van der Waals surface area (Å²) in [6, 6.07) is 0. The number of ether oxygens (including phenoxy) is 4. The van der Waals surface area contributed by atoms with E-state index in [-0.39, 0.29) is 0 Å². The van der Waals surface area contributed by atoms with Gasteiger partial charge in [0.1, 0.15) is 5.84 Å². The van der Waals surface area contributed by atoms with Crippen molar-refractivity contribution in [2.75, 3.05) is 13.1 Å². The molecule has 102 valence electrons. The molecule has 8 nitrogen and oxygen atoms in total. The van der Waals surface area contributed by atoms with Gasteiger partial charge in [0.25, 0.3) is 0 Å². The van der Waals surface area contributed by atoms with Crippen LogP contribution >= 0.6 is 0 Å². The lowest BCUT2D eigenvalue weighted by atomic mass is 10.0. The van der Waals surface area contributed by atoms with E-state index in [0.29, 0.717) is 25.8 Å². The van der Waals surface area contributed by atoms with Gasteiger partial charge in [0.15, 0.2) is 0 Å². The highest BCUT2D eigenvalue weighted by atomic mass is 17.0. The zero-order valence-electron chi connectivity index (χ0n) is 10.1. The predicted octanol–water partition coefficient (Wildman–Crippen LogP) is 0.958. The second-order valence-corrected chi connectivity index (χ2v) is 4.90. The Kier molecular flexibility index (Phi) is 1.90. The summed E-state index contributed by atoms with van der Waals surface area (Å²) in [5, 5.41) is 0. The minimum absolute atomic E-state index is 0.404. The van der Waals surface area contributed by atoms with Crippen molar-refractivity contribution in [3.05, 3.63) is 0 Å². The van der Waals surface area contributed by atoms with Crippen LogP contribution in [0.15, 0.2) is 4.99 Å². The van der Waals surface area contributed by atoms with Crippen LogP contribution in [0.25, 0.3) is 0 Å². The lowest BCUT2D eigenvalue weighted by Gasteiger charge is -2.56. The molecule has 8 heteroatoms. The number of nitrogens with zero attached hydrogens (tertiary/aromatic N) is 2. The van der Waals surface area contributed by atoms with Crippen LogP contribution in [0.4, 0.5) is 9.59 Å². The average Bonchev–Trinajstić information content (AvgIpc) is 2.45. The lowest BCUT2D eigenvalue weighted by molar-refractivity contribution is -0.476. The number of aliphatic imine (C=N–C) groups is 1. The predicted molar refractivity (Wildman–Crippen MR) is 58.1 cm³/mol. The summed E-state index contributed by atoms with van der Waals surface area (Å²) >= 11 is 0. The molecule has 4 heterocycles. The van der Waals surface area contributed by atoms with Gasteiger partial charge in [0.05, 0.1) is 0 Å². The standard InChI is InChI=1S/C11H12N2O6/c14-8-16-10(17-8)4-1-3-7-12-5-2-6-13(7)11(10)18-9(15)19-11/h1-6H2. The summed E-state index contributed by atoms with van der Waals surface area (Å²) in [5.41, 5.74) is 0. The van der Waals surface area contributed by atoms with Gasteiger partial charge >= 0.3 is 24.0 Å².